The summed E-state index contributed by atoms with van der Waals surface area (Å²) < 4.78 is 13.4. The predicted molar refractivity (Wildman–Crippen MR) is 76.1 cm³/mol. The third-order valence-electron chi connectivity index (χ3n) is 3.27. The summed E-state index contributed by atoms with van der Waals surface area (Å²) in [6, 6.07) is 12.8. The van der Waals surface area contributed by atoms with Crippen molar-refractivity contribution in [3.05, 3.63) is 70.0 Å². The Balaban J connectivity index is 2.24. The molecule has 0 radical (unpaired) electrons. The van der Waals surface area contributed by atoms with Crippen molar-refractivity contribution in [3.63, 3.8) is 0 Å². The van der Waals surface area contributed by atoms with Crippen LogP contribution < -0.4 is 0 Å². The van der Waals surface area contributed by atoms with E-state index in [1.54, 1.807) is 12.1 Å². The number of hydrogen-bond acceptors (Lipinski definition) is 1. The summed E-state index contributed by atoms with van der Waals surface area (Å²) in [5.41, 5.74) is 2.93. The SMILES string of the molecule is Cc1ccc(C(CO)Cc2cccc(F)c2Cl)cc1. The predicted octanol–water partition coefficient (Wildman–Crippen LogP) is 4.11. The highest BCUT2D eigenvalue weighted by Gasteiger charge is 2.14. The van der Waals surface area contributed by atoms with Crippen LogP contribution in [-0.2, 0) is 6.42 Å². The zero-order valence-corrected chi connectivity index (χ0v) is 11.5. The molecule has 0 spiro atoms. The zero-order chi connectivity index (χ0) is 13.8. The van der Waals surface area contributed by atoms with E-state index in [0.29, 0.717) is 6.42 Å². The number of halogens is 2. The van der Waals surface area contributed by atoms with E-state index in [1.807, 2.05) is 31.2 Å². The Morgan fingerprint density at radius 1 is 1.16 bits per heavy atom. The van der Waals surface area contributed by atoms with E-state index in [2.05, 4.69) is 0 Å². The molecule has 19 heavy (non-hydrogen) atoms. The van der Waals surface area contributed by atoms with E-state index >= 15 is 0 Å². The number of hydrogen-bond donors (Lipinski definition) is 1. The van der Waals surface area contributed by atoms with Gasteiger partial charge in [0.15, 0.2) is 0 Å². The van der Waals surface area contributed by atoms with E-state index < -0.39 is 5.82 Å². The van der Waals surface area contributed by atoms with Crippen LogP contribution in [0.1, 0.15) is 22.6 Å². The van der Waals surface area contributed by atoms with Gasteiger partial charge in [-0.15, -0.1) is 0 Å². The molecule has 0 aromatic heterocycles. The molecular formula is C16H16ClFO. The van der Waals surface area contributed by atoms with Crippen LogP contribution in [0, 0.1) is 12.7 Å². The van der Waals surface area contributed by atoms with Crippen LogP contribution in [0.2, 0.25) is 5.02 Å². The molecule has 1 unspecified atom stereocenters. The second kappa shape index (κ2) is 6.18. The van der Waals surface area contributed by atoms with E-state index in [0.717, 1.165) is 11.1 Å². The average Bonchev–Trinajstić information content (AvgIpc) is 2.42. The molecular weight excluding hydrogens is 263 g/mol. The second-order valence-corrected chi connectivity index (χ2v) is 5.09. The van der Waals surface area contributed by atoms with Crippen molar-refractivity contribution in [1.29, 1.82) is 0 Å². The molecule has 100 valence electrons. The lowest BCUT2D eigenvalue weighted by molar-refractivity contribution is 0.264. The molecule has 0 bridgehead atoms. The van der Waals surface area contributed by atoms with Crippen LogP contribution in [0.4, 0.5) is 4.39 Å². The first-order valence-corrected chi connectivity index (χ1v) is 6.60. The summed E-state index contributed by atoms with van der Waals surface area (Å²) in [4.78, 5) is 0. The fourth-order valence-electron chi connectivity index (χ4n) is 2.10. The topological polar surface area (TPSA) is 20.2 Å². The molecule has 1 atom stereocenters. The van der Waals surface area contributed by atoms with Gasteiger partial charge in [0.1, 0.15) is 5.82 Å². The molecule has 1 N–H and O–H groups in total. The summed E-state index contributed by atoms with van der Waals surface area (Å²) in [5.74, 6) is -0.486. The molecule has 2 aromatic carbocycles. The zero-order valence-electron chi connectivity index (χ0n) is 10.7. The molecule has 0 amide bonds. The summed E-state index contributed by atoms with van der Waals surface area (Å²) >= 11 is 5.95. The molecule has 0 fully saturated rings. The molecule has 0 aliphatic heterocycles. The number of aliphatic hydroxyl groups excluding tert-OH is 1. The van der Waals surface area contributed by atoms with Crippen molar-refractivity contribution in [1.82, 2.24) is 0 Å². The standard InChI is InChI=1S/C16H16ClFO/c1-11-5-7-12(8-6-11)14(10-19)9-13-3-2-4-15(18)16(13)17/h2-8,14,19H,9-10H2,1H3. The summed E-state index contributed by atoms with van der Waals surface area (Å²) in [5, 5.41) is 9.68. The van der Waals surface area contributed by atoms with Crippen molar-refractivity contribution in [3.8, 4) is 0 Å². The highest BCUT2D eigenvalue weighted by molar-refractivity contribution is 6.31. The monoisotopic (exact) mass is 278 g/mol. The quantitative estimate of drug-likeness (QED) is 0.892. The van der Waals surface area contributed by atoms with Crippen molar-refractivity contribution in [2.75, 3.05) is 6.61 Å². The number of rotatable bonds is 4. The van der Waals surface area contributed by atoms with Crippen molar-refractivity contribution < 1.29 is 9.50 Å². The van der Waals surface area contributed by atoms with Gasteiger partial charge < -0.3 is 5.11 Å². The van der Waals surface area contributed by atoms with Gasteiger partial charge in [0, 0.05) is 5.92 Å². The van der Waals surface area contributed by atoms with Crippen LogP contribution in [0.3, 0.4) is 0 Å². The molecule has 0 saturated carbocycles. The van der Waals surface area contributed by atoms with Gasteiger partial charge >= 0.3 is 0 Å². The summed E-state index contributed by atoms with van der Waals surface area (Å²) in [7, 11) is 0. The maximum Gasteiger partial charge on any atom is 0.142 e. The van der Waals surface area contributed by atoms with E-state index in [4.69, 9.17) is 11.6 Å². The molecule has 2 aromatic rings. The first-order valence-electron chi connectivity index (χ1n) is 6.22. The minimum atomic E-state index is -0.417. The maximum atomic E-state index is 13.4. The van der Waals surface area contributed by atoms with E-state index in [-0.39, 0.29) is 17.5 Å². The fraction of sp³-hybridized carbons (Fsp3) is 0.250. The minimum absolute atomic E-state index is 0.00982. The Labute approximate surface area is 117 Å². The highest BCUT2D eigenvalue weighted by atomic mass is 35.5. The average molecular weight is 279 g/mol. The largest absolute Gasteiger partial charge is 0.396 e. The van der Waals surface area contributed by atoms with Crippen LogP contribution in [0.5, 0.6) is 0 Å². The lowest BCUT2D eigenvalue weighted by atomic mass is 9.92. The smallest absolute Gasteiger partial charge is 0.142 e. The molecule has 2 rings (SSSR count). The lowest BCUT2D eigenvalue weighted by Crippen LogP contribution is -2.08. The van der Waals surface area contributed by atoms with Crippen molar-refractivity contribution in [2.24, 2.45) is 0 Å². The Morgan fingerprint density at radius 3 is 2.47 bits per heavy atom. The van der Waals surface area contributed by atoms with Crippen molar-refractivity contribution >= 4 is 11.6 Å². The van der Waals surface area contributed by atoms with Gasteiger partial charge in [0.05, 0.1) is 11.6 Å². The Kier molecular flexibility index (Phi) is 4.56. The van der Waals surface area contributed by atoms with Crippen molar-refractivity contribution in [2.45, 2.75) is 19.3 Å². The van der Waals surface area contributed by atoms with Gasteiger partial charge in [-0.3, -0.25) is 0 Å². The third kappa shape index (κ3) is 3.34. The minimum Gasteiger partial charge on any atom is -0.396 e. The molecule has 1 nitrogen and oxygen atoms in total. The summed E-state index contributed by atoms with van der Waals surface area (Å²) in [6.45, 7) is 2.02. The second-order valence-electron chi connectivity index (χ2n) is 4.71. The Bertz CT molecular complexity index is 551. The normalized spacial score (nSPS) is 12.4. The third-order valence-corrected chi connectivity index (χ3v) is 3.69. The molecule has 0 aliphatic carbocycles. The van der Waals surface area contributed by atoms with Crippen LogP contribution in [-0.4, -0.2) is 11.7 Å². The summed E-state index contributed by atoms with van der Waals surface area (Å²) in [6.07, 6.45) is 0.524. The maximum absolute atomic E-state index is 13.4. The first kappa shape index (κ1) is 14.0. The van der Waals surface area contributed by atoms with E-state index in [1.165, 1.54) is 11.6 Å². The highest BCUT2D eigenvalue weighted by Crippen LogP contribution is 2.27. The van der Waals surface area contributed by atoms with Gasteiger partial charge in [0.25, 0.3) is 0 Å². The Hall–Kier alpha value is -1.38. The van der Waals surface area contributed by atoms with Crippen LogP contribution >= 0.6 is 11.6 Å². The van der Waals surface area contributed by atoms with Crippen LogP contribution in [0.15, 0.2) is 42.5 Å². The molecule has 0 saturated heterocycles. The van der Waals surface area contributed by atoms with Gasteiger partial charge in [-0.1, -0.05) is 53.6 Å². The molecule has 0 heterocycles. The van der Waals surface area contributed by atoms with Gasteiger partial charge in [-0.05, 0) is 30.5 Å². The van der Waals surface area contributed by atoms with Gasteiger partial charge in [0.2, 0.25) is 0 Å². The Morgan fingerprint density at radius 2 is 1.84 bits per heavy atom. The molecule has 3 heteroatoms. The number of benzene rings is 2. The van der Waals surface area contributed by atoms with Crippen LogP contribution in [0.25, 0.3) is 0 Å². The number of aryl methyl sites for hydroxylation is 1. The fourth-order valence-corrected chi connectivity index (χ4v) is 2.30. The van der Waals surface area contributed by atoms with E-state index in [9.17, 15) is 9.50 Å². The van der Waals surface area contributed by atoms with Gasteiger partial charge in [-0.25, -0.2) is 4.39 Å². The molecule has 0 aliphatic rings. The van der Waals surface area contributed by atoms with Gasteiger partial charge in [-0.2, -0.15) is 0 Å². The lowest BCUT2D eigenvalue weighted by Gasteiger charge is -2.16. The number of aliphatic hydroxyl groups is 1. The first-order chi connectivity index (χ1) is 9.11.